The number of nitrogens with zero attached hydrogens (tertiary/aromatic N) is 1. The van der Waals surface area contributed by atoms with Gasteiger partial charge in [0.05, 0.1) is 4.70 Å². The summed E-state index contributed by atoms with van der Waals surface area (Å²) in [7, 11) is 0. The van der Waals surface area contributed by atoms with Crippen LogP contribution in [0, 0.1) is 0 Å². The van der Waals surface area contributed by atoms with E-state index < -0.39 is 0 Å². The number of rotatable bonds is 1. The maximum absolute atomic E-state index is 5.77. The van der Waals surface area contributed by atoms with Gasteiger partial charge in [-0.05, 0) is 46.9 Å². The number of fused-ring (bicyclic) bond motifs is 1. The number of benzene rings is 2. The fourth-order valence-corrected chi connectivity index (χ4v) is 2.56. The van der Waals surface area contributed by atoms with Gasteiger partial charge in [0.1, 0.15) is 5.82 Å². The molecule has 0 saturated carbocycles. The molecular formula is C13H11N3S. The molecule has 3 rings (SSSR count). The fraction of sp³-hybridized carbons (Fsp3) is 0. The first-order valence-electron chi connectivity index (χ1n) is 5.25. The van der Waals surface area contributed by atoms with Crippen LogP contribution < -0.4 is 11.5 Å². The molecule has 0 aliphatic heterocycles. The van der Waals surface area contributed by atoms with Crippen molar-refractivity contribution < 1.29 is 0 Å². The Bertz CT molecular complexity index is 671. The average Bonchev–Trinajstić information content (AvgIpc) is 2.72. The van der Waals surface area contributed by atoms with E-state index in [0.29, 0.717) is 5.82 Å². The monoisotopic (exact) mass is 241 g/mol. The van der Waals surface area contributed by atoms with Crippen LogP contribution in [-0.2, 0) is 0 Å². The van der Waals surface area contributed by atoms with Crippen molar-refractivity contribution in [3.63, 3.8) is 0 Å². The van der Waals surface area contributed by atoms with Gasteiger partial charge < -0.3 is 11.5 Å². The lowest BCUT2D eigenvalue weighted by Gasteiger charge is -2.02. The quantitative estimate of drug-likeness (QED) is 0.643. The largest absolute Gasteiger partial charge is 0.399 e. The van der Waals surface area contributed by atoms with Crippen LogP contribution in [0.1, 0.15) is 0 Å². The summed E-state index contributed by atoms with van der Waals surface area (Å²) in [6.45, 7) is 0. The Balaban J connectivity index is 2.14. The highest BCUT2D eigenvalue weighted by atomic mass is 32.1. The molecule has 0 atom stereocenters. The molecule has 3 nitrogen and oxygen atoms in total. The van der Waals surface area contributed by atoms with Gasteiger partial charge in [0.2, 0.25) is 0 Å². The smallest absolute Gasteiger partial charge is 0.144 e. The van der Waals surface area contributed by atoms with Gasteiger partial charge in [-0.15, -0.1) is 0 Å². The molecule has 4 heteroatoms. The summed E-state index contributed by atoms with van der Waals surface area (Å²) in [5, 5.41) is 1.02. The SMILES string of the molecule is Nc1ccc(-c2ccc3c(N)nsc3c2)cc1. The van der Waals surface area contributed by atoms with E-state index in [1.165, 1.54) is 11.5 Å². The molecule has 0 amide bonds. The summed E-state index contributed by atoms with van der Waals surface area (Å²) >= 11 is 1.43. The van der Waals surface area contributed by atoms with Crippen molar-refractivity contribution in [2.24, 2.45) is 0 Å². The first kappa shape index (κ1) is 10.1. The van der Waals surface area contributed by atoms with E-state index in [4.69, 9.17) is 11.5 Å². The molecule has 0 unspecified atom stereocenters. The van der Waals surface area contributed by atoms with Gasteiger partial charge in [-0.2, -0.15) is 4.37 Å². The first-order valence-corrected chi connectivity index (χ1v) is 6.02. The summed E-state index contributed by atoms with van der Waals surface area (Å²) in [5.41, 5.74) is 14.5. The topological polar surface area (TPSA) is 64.9 Å². The van der Waals surface area contributed by atoms with E-state index in [1.807, 2.05) is 30.3 Å². The van der Waals surface area contributed by atoms with Gasteiger partial charge in [-0.25, -0.2) is 0 Å². The maximum atomic E-state index is 5.77. The van der Waals surface area contributed by atoms with Crippen molar-refractivity contribution in [1.82, 2.24) is 4.37 Å². The highest BCUT2D eigenvalue weighted by Gasteiger charge is 2.04. The minimum absolute atomic E-state index is 0.605. The normalized spacial score (nSPS) is 10.8. The molecule has 0 aliphatic rings. The Morgan fingerprint density at radius 1 is 0.882 bits per heavy atom. The lowest BCUT2D eigenvalue weighted by Crippen LogP contribution is -1.85. The van der Waals surface area contributed by atoms with E-state index in [2.05, 4.69) is 16.5 Å². The summed E-state index contributed by atoms with van der Waals surface area (Å²) in [4.78, 5) is 0. The number of anilines is 2. The van der Waals surface area contributed by atoms with Gasteiger partial charge in [0.25, 0.3) is 0 Å². The van der Waals surface area contributed by atoms with Crippen LogP contribution in [0.4, 0.5) is 11.5 Å². The Labute approximate surface area is 103 Å². The van der Waals surface area contributed by atoms with Crippen LogP contribution in [0.3, 0.4) is 0 Å². The van der Waals surface area contributed by atoms with E-state index >= 15 is 0 Å². The van der Waals surface area contributed by atoms with Crippen molar-refractivity contribution in [2.45, 2.75) is 0 Å². The summed E-state index contributed by atoms with van der Waals surface area (Å²) < 4.78 is 5.25. The maximum Gasteiger partial charge on any atom is 0.144 e. The number of hydrogen-bond acceptors (Lipinski definition) is 4. The molecule has 1 heterocycles. The second-order valence-corrected chi connectivity index (χ2v) is 4.71. The van der Waals surface area contributed by atoms with E-state index in [-0.39, 0.29) is 0 Å². The molecule has 0 spiro atoms. The van der Waals surface area contributed by atoms with Gasteiger partial charge in [0, 0.05) is 11.1 Å². The molecular weight excluding hydrogens is 230 g/mol. The highest BCUT2D eigenvalue weighted by molar-refractivity contribution is 7.13. The third kappa shape index (κ3) is 1.72. The summed E-state index contributed by atoms with van der Waals surface area (Å²) in [6, 6.07) is 14.0. The lowest BCUT2D eigenvalue weighted by atomic mass is 10.0. The predicted molar refractivity (Wildman–Crippen MR) is 73.9 cm³/mol. The van der Waals surface area contributed by atoms with Crippen LogP contribution in [0.25, 0.3) is 21.2 Å². The molecule has 0 saturated heterocycles. The van der Waals surface area contributed by atoms with Gasteiger partial charge in [0.15, 0.2) is 0 Å². The molecule has 0 aliphatic carbocycles. The molecule has 84 valence electrons. The zero-order chi connectivity index (χ0) is 11.8. The third-order valence-corrected chi connectivity index (χ3v) is 3.57. The molecule has 0 fully saturated rings. The fourth-order valence-electron chi connectivity index (χ4n) is 1.81. The zero-order valence-corrected chi connectivity index (χ0v) is 9.87. The third-order valence-electron chi connectivity index (χ3n) is 2.74. The Morgan fingerprint density at radius 2 is 1.59 bits per heavy atom. The molecule has 1 aromatic heterocycles. The second-order valence-electron chi connectivity index (χ2n) is 3.90. The molecule has 2 aromatic carbocycles. The Morgan fingerprint density at radius 3 is 2.35 bits per heavy atom. The van der Waals surface area contributed by atoms with Gasteiger partial charge >= 0.3 is 0 Å². The van der Waals surface area contributed by atoms with Crippen LogP contribution in [0.5, 0.6) is 0 Å². The standard InChI is InChI=1S/C13H11N3S/c14-10-4-1-8(2-5-10)9-3-6-11-12(7-9)17-16-13(11)15/h1-7H,14H2,(H2,15,16). The summed E-state index contributed by atoms with van der Waals surface area (Å²) in [6.07, 6.45) is 0. The van der Waals surface area contributed by atoms with Crippen molar-refractivity contribution in [1.29, 1.82) is 0 Å². The number of aromatic nitrogens is 1. The molecule has 0 bridgehead atoms. The van der Waals surface area contributed by atoms with Gasteiger partial charge in [-0.1, -0.05) is 18.2 Å². The number of hydrogen-bond donors (Lipinski definition) is 2. The number of nitrogens with two attached hydrogens (primary N) is 2. The van der Waals surface area contributed by atoms with Crippen LogP contribution in [-0.4, -0.2) is 4.37 Å². The van der Waals surface area contributed by atoms with E-state index in [0.717, 1.165) is 26.9 Å². The summed E-state index contributed by atoms with van der Waals surface area (Å²) in [5.74, 6) is 0.605. The lowest BCUT2D eigenvalue weighted by molar-refractivity contribution is 1.58. The van der Waals surface area contributed by atoms with E-state index in [9.17, 15) is 0 Å². The minimum Gasteiger partial charge on any atom is -0.399 e. The average molecular weight is 241 g/mol. The molecule has 3 aromatic rings. The van der Waals surface area contributed by atoms with Crippen LogP contribution in [0.2, 0.25) is 0 Å². The van der Waals surface area contributed by atoms with Crippen molar-refractivity contribution in [2.75, 3.05) is 11.5 Å². The highest BCUT2D eigenvalue weighted by Crippen LogP contribution is 2.30. The van der Waals surface area contributed by atoms with Crippen LogP contribution in [0.15, 0.2) is 42.5 Å². The van der Waals surface area contributed by atoms with E-state index in [1.54, 1.807) is 0 Å². The van der Waals surface area contributed by atoms with Crippen molar-refractivity contribution in [3.8, 4) is 11.1 Å². The second kappa shape index (κ2) is 3.75. The predicted octanol–water partition coefficient (Wildman–Crippen LogP) is 3.13. The Kier molecular flexibility index (Phi) is 2.23. The molecule has 0 radical (unpaired) electrons. The van der Waals surface area contributed by atoms with Crippen molar-refractivity contribution in [3.05, 3.63) is 42.5 Å². The number of nitrogen functional groups attached to an aromatic ring is 2. The minimum atomic E-state index is 0.605. The van der Waals surface area contributed by atoms with Crippen LogP contribution >= 0.6 is 11.5 Å². The zero-order valence-electron chi connectivity index (χ0n) is 9.05. The molecule has 4 N–H and O–H groups in total. The first-order chi connectivity index (χ1) is 8.24. The molecule has 17 heavy (non-hydrogen) atoms. The van der Waals surface area contributed by atoms with Gasteiger partial charge in [-0.3, -0.25) is 0 Å². The Hall–Kier alpha value is -2.07. The van der Waals surface area contributed by atoms with Crippen molar-refractivity contribution >= 4 is 33.1 Å².